The van der Waals surface area contributed by atoms with Crippen molar-refractivity contribution in [2.24, 2.45) is 5.92 Å². The lowest BCUT2D eigenvalue weighted by Gasteiger charge is -2.18. The van der Waals surface area contributed by atoms with Crippen LogP contribution in [0, 0.1) is 5.92 Å². The van der Waals surface area contributed by atoms with Crippen molar-refractivity contribution in [3.8, 4) is 10.8 Å². The minimum absolute atomic E-state index is 0.164. The van der Waals surface area contributed by atoms with Crippen LogP contribution < -0.4 is 0 Å². The topological polar surface area (TPSA) is 65.2 Å². The third-order valence-corrected chi connectivity index (χ3v) is 5.70. The Hall–Kier alpha value is -1.34. The van der Waals surface area contributed by atoms with Gasteiger partial charge in [-0.25, -0.2) is 0 Å². The van der Waals surface area contributed by atoms with Crippen LogP contribution in [0.4, 0.5) is 0 Å². The highest BCUT2D eigenvalue weighted by atomic mass is 32.2. The Morgan fingerprint density at radius 2 is 2.25 bits per heavy atom. The van der Waals surface area contributed by atoms with E-state index in [1.165, 1.54) is 28.6 Å². The van der Waals surface area contributed by atoms with Crippen molar-refractivity contribution < 1.29 is 13.9 Å². The summed E-state index contributed by atoms with van der Waals surface area (Å²) in [5.74, 6) is 1.15. The van der Waals surface area contributed by atoms with E-state index in [4.69, 9.17) is 9.15 Å². The van der Waals surface area contributed by atoms with Crippen LogP contribution in [0.3, 0.4) is 0 Å². The first-order valence-corrected chi connectivity index (χ1v) is 9.90. The van der Waals surface area contributed by atoms with Gasteiger partial charge < -0.3 is 9.15 Å². The number of nitrogens with zero attached hydrogens (tertiary/aromatic N) is 2. The molecule has 130 valence electrons. The third kappa shape index (κ3) is 4.39. The van der Waals surface area contributed by atoms with Gasteiger partial charge in [-0.05, 0) is 57.6 Å². The van der Waals surface area contributed by atoms with Crippen LogP contribution in [0.5, 0.6) is 0 Å². The summed E-state index contributed by atoms with van der Waals surface area (Å²) >= 11 is 2.95. The van der Waals surface area contributed by atoms with Gasteiger partial charge in [-0.3, -0.25) is 4.79 Å². The van der Waals surface area contributed by atoms with Crippen LogP contribution in [0.15, 0.2) is 15.7 Å². The van der Waals surface area contributed by atoms with Gasteiger partial charge in [0.05, 0.1) is 4.88 Å². The summed E-state index contributed by atoms with van der Waals surface area (Å²) in [6.07, 6.45) is 3.50. The molecule has 0 bridgehead atoms. The number of esters is 1. The number of ether oxygens (including phenoxy) is 1. The van der Waals surface area contributed by atoms with E-state index < -0.39 is 5.60 Å². The SMILES string of the molecule is C[C@H]1CCc2sc(-c3nnc(SCC(=O)OC(C)(C)C)o3)cc2C1. The van der Waals surface area contributed by atoms with Crippen molar-refractivity contribution in [1.82, 2.24) is 10.2 Å². The number of rotatable bonds is 4. The van der Waals surface area contributed by atoms with Crippen LogP contribution in [-0.4, -0.2) is 27.5 Å². The van der Waals surface area contributed by atoms with Crippen LogP contribution in [0.25, 0.3) is 10.8 Å². The second kappa shape index (κ2) is 6.88. The molecule has 0 spiro atoms. The molecule has 5 nitrogen and oxygen atoms in total. The van der Waals surface area contributed by atoms with Gasteiger partial charge in [0, 0.05) is 4.88 Å². The van der Waals surface area contributed by atoms with Crippen molar-refractivity contribution >= 4 is 29.1 Å². The molecule has 7 heteroatoms. The average Bonchev–Trinajstić information content (AvgIpc) is 3.08. The molecule has 0 saturated carbocycles. The molecule has 0 amide bonds. The number of thioether (sulfide) groups is 1. The van der Waals surface area contributed by atoms with Gasteiger partial charge in [0.15, 0.2) is 0 Å². The fourth-order valence-electron chi connectivity index (χ4n) is 2.67. The van der Waals surface area contributed by atoms with Crippen LogP contribution in [-0.2, 0) is 22.4 Å². The minimum Gasteiger partial charge on any atom is -0.459 e. The quantitative estimate of drug-likeness (QED) is 0.592. The van der Waals surface area contributed by atoms with Crippen molar-refractivity contribution in [3.63, 3.8) is 0 Å². The molecule has 0 N–H and O–H groups in total. The Morgan fingerprint density at radius 1 is 1.46 bits per heavy atom. The maximum atomic E-state index is 11.7. The van der Waals surface area contributed by atoms with Gasteiger partial charge in [0.1, 0.15) is 11.4 Å². The summed E-state index contributed by atoms with van der Waals surface area (Å²) in [6, 6.07) is 2.17. The predicted octanol–water partition coefficient (Wildman–Crippen LogP) is 4.36. The molecule has 3 rings (SSSR count). The number of thiophene rings is 1. The molecule has 0 saturated heterocycles. The lowest BCUT2D eigenvalue weighted by molar-refractivity contribution is -0.151. The number of carbonyl (C=O) groups excluding carboxylic acids is 1. The van der Waals surface area contributed by atoms with E-state index in [9.17, 15) is 4.79 Å². The molecule has 2 aromatic heterocycles. The van der Waals surface area contributed by atoms with Gasteiger partial charge in [-0.2, -0.15) is 0 Å². The zero-order chi connectivity index (χ0) is 17.3. The van der Waals surface area contributed by atoms with E-state index in [-0.39, 0.29) is 11.7 Å². The standard InChI is InChI=1S/C17H22N2O3S2/c1-10-5-6-12-11(7-10)8-13(24-12)15-18-19-16(21-15)23-9-14(20)22-17(2,3)4/h8,10H,5-7,9H2,1-4H3/t10-/m0/s1. The van der Waals surface area contributed by atoms with E-state index in [1.54, 1.807) is 11.3 Å². The van der Waals surface area contributed by atoms with Crippen molar-refractivity contribution in [2.45, 2.75) is 57.8 Å². The molecule has 1 aliphatic rings. The lowest BCUT2D eigenvalue weighted by atomic mass is 9.90. The Balaban J connectivity index is 1.63. The first-order valence-electron chi connectivity index (χ1n) is 8.10. The summed E-state index contributed by atoms with van der Waals surface area (Å²) in [5, 5.41) is 8.55. The van der Waals surface area contributed by atoms with Gasteiger partial charge in [0.2, 0.25) is 0 Å². The van der Waals surface area contributed by atoms with Crippen molar-refractivity contribution in [1.29, 1.82) is 0 Å². The Kier molecular flexibility index (Phi) is 5.01. The van der Waals surface area contributed by atoms with Crippen LogP contribution in [0.1, 0.15) is 44.6 Å². The van der Waals surface area contributed by atoms with Gasteiger partial charge in [-0.1, -0.05) is 18.7 Å². The zero-order valence-corrected chi connectivity index (χ0v) is 16.1. The molecule has 2 heterocycles. The number of hydrogen-bond donors (Lipinski definition) is 0. The van der Waals surface area contributed by atoms with E-state index in [2.05, 4.69) is 23.2 Å². The summed E-state index contributed by atoms with van der Waals surface area (Å²) in [6.45, 7) is 7.83. The largest absolute Gasteiger partial charge is 0.459 e. The fourth-order valence-corrected chi connectivity index (χ4v) is 4.34. The zero-order valence-electron chi connectivity index (χ0n) is 14.4. The molecule has 1 aliphatic carbocycles. The van der Waals surface area contributed by atoms with Gasteiger partial charge in [-0.15, -0.1) is 21.5 Å². The number of hydrogen-bond acceptors (Lipinski definition) is 7. The summed E-state index contributed by atoms with van der Waals surface area (Å²) < 4.78 is 11.0. The lowest BCUT2D eigenvalue weighted by Crippen LogP contribution is -2.24. The molecular weight excluding hydrogens is 344 g/mol. The molecule has 0 aliphatic heterocycles. The van der Waals surface area contributed by atoms with Crippen molar-refractivity contribution in [3.05, 3.63) is 16.5 Å². The Morgan fingerprint density at radius 3 is 3.00 bits per heavy atom. The van der Waals surface area contributed by atoms with Crippen molar-refractivity contribution in [2.75, 3.05) is 5.75 Å². The highest BCUT2D eigenvalue weighted by molar-refractivity contribution is 7.99. The van der Waals surface area contributed by atoms with E-state index >= 15 is 0 Å². The first kappa shape index (κ1) is 17.5. The number of aryl methyl sites for hydroxylation is 1. The summed E-state index contributed by atoms with van der Waals surface area (Å²) in [4.78, 5) is 14.2. The molecule has 0 unspecified atom stereocenters. The normalized spacial score (nSPS) is 17.6. The molecule has 0 aromatic carbocycles. The van der Waals surface area contributed by atoms with E-state index in [0.717, 1.165) is 23.6 Å². The second-order valence-corrected chi connectivity index (χ2v) is 9.22. The Bertz CT molecular complexity index is 731. The molecule has 0 fully saturated rings. The number of aromatic nitrogens is 2. The van der Waals surface area contributed by atoms with Crippen LogP contribution in [0.2, 0.25) is 0 Å². The summed E-state index contributed by atoms with van der Waals surface area (Å²) in [5.41, 5.74) is 0.931. The van der Waals surface area contributed by atoms with E-state index in [1.807, 2.05) is 20.8 Å². The molecule has 0 radical (unpaired) electrons. The highest BCUT2D eigenvalue weighted by Gasteiger charge is 2.22. The third-order valence-electron chi connectivity index (χ3n) is 3.68. The van der Waals surface area contributed by atoms with Gasteiger partial charge in [0.25, 0.3) is 11.1 Å². The minimum atomic E-state index is -0.481. The smallest absolute Gasteiger partial charge is 0.316 e. The number of carbonyl (C=O) groups is 1. The average molecular weight is 367 g/mol. The molecule has 1 atom stereocenters. The molecule has 2 aromatic rings. The van der Waals surface area contributed by atoms with Gasteiger partial charge >= 0.3 is 5.97 Å². The number of fused-ring (bicyclic) bond motifs is 1. The van der Waals surface area contributed by atoms with E-state index in [0.29, 0.717) is 11.1 Å². The summed E-state index contributed by atoms with van der Waals surface area (Å²) in [7, 11) is 0. The molecule has 24 heavy (non-hydrogen) atoms. The maximum absolute atomic E-state index is 11.7. The van der Waals surface area contributed by atoms with Crippen LogP contribution >= 0.6 is 23.1 Å². The Labute approximate surface area is 150 Å². The highest BCUT2D eigenvalue weighted by Crippen LogP contribution is 2.37. The second-order valence-electron chi connectivity index (χ2n) is 7.16. The fraction of sp³-hybridized carbons (Fsp3) is 0.588. The monoisotopic (exact) mass is 366 g/mol. The first-order chi connectivity index (χ1) is 11.3. The molecular formula is C17H22N2O3S2. The predicted molar refractivity (Wildman–Crippen MR) is 95.4 cm³/mol. The maximum Gasteiger partial charge on any atom is 0.316 e.